The first kappa shape index (κ1) is 22.3. The van der Waals surface area contributed by atoms with E-state index in [0.717, 1.165) is 30.9 Å². The molecule has 6 nitrogen and oxygen atoms in total. The van der Waals surface area contributed by atoms with Crippen LogP contribution < -0.4 is 21.1 Å². The Labute approximate surface area is 169 Å². The summed E-state index contributed by atoms with van der Waals surface area (Å²) in [5, 5.41) is 2.88. The van der Waals surface area contributed by atoms with E-state index in [4.69, 9.17) is 0 Å². The van der Waals surface area contributed by atoms with Crippen molar-refractivity contribution in [3.05, 3.63) is 65.2 Å². The lowest BCUT2D eigenvalue weighted by Gasteiger charge is -2.21. The van der Waals surface area contributed by atoms with Crippen LogP contribution in [0, 0.1) is 11.6 Å². The number of halogens is 2. The second kappa shape index (κ2) is 10.5. The van der Waals surface area contributed by atoms with Crippen LogP contribution >= 0.6 is 0 Å². The summed E-state index contributed by atoms with van der Waals surface area (Å²) in [5.41, 5.74) is 6.62. The minimum Gasteiger partial charge on any atom is -0.372 e. The van der Waals surface area contributed by atoms with Crippen molar-refractivity contribution in [2.75, 3.05) is 24.5 Å². The fourth-order valence-corrected chi connectivity index (χ4v) is 2.80. The van der Waals surface area contributed by atoms with Gasteiger partial charge in [-0.2, -0.15) is 0 Å². The van der Waals surface area contributed by atoms with Gasteiger partial charge in [0.15, 0.2) is 11.6 Å². The second-order valence-electron chi connectivity index (χ2n) is 6.50. The van der Waals surface area contributed by atoms with Gasteiger partial charge in [-0.15, -0.1) is 0 Å². The Hall–Kier alpha value is -3.00. The molecule has 0 saturated heterocycles. The van der Waals surface area contributed by atoms with Gasteiger partial charge in [0.25, 0.3) is 11.8 Å². The molecule has 3 N–H and O–H groups in total. The average molecular weight is 404 g/mol. The zero-order valence-corrected chi connectivity index (χ0v) is 16.8. The van der Waals surface area contributed by atoms with Crippen molar-refractivity contribution in [2.24, 2.45) is 0 Å². The SMILES string of the molecule is CCN(CC)c1ccc(C(=O)NNC(=O)CN[C@H](C)c2ccc(F)c(F)c2)cc1. The largest absolute Gasteiger partial charge is 0.372 e. The van der Waals surface area contributed by atoms with Crippen LogP contribution in [0.25, 0.3) is 0 Å². The summed E-state index contributed by atoms with van der Waals surface area (Å²) in [5.74, 6) is -2.77. The molecule has 0 unspecified atom stereocenters. The zero-order chi connectivity index (χ0) is 21.4. The van der Waals surface area contributed by atoms with Crippen LogP contribution in [-0.2, 0) is 4.79 Å². The summed E-state index contributed by atoms with van der Waals surface area (Å²) < 4.78 is 26.3. The highest BCUT2D eigenvalue weighted by molar-refractivity contribution is 5.95. The van der Waals surface area contributed by atoms with E-state index in [1.54, 1.807) is 19.1 Å². The fraction of sp³-hybridized carbons (Fsp3) is 0.333. The molecule has 29 heavy (non-hydrogen) atoms. The summed E-state index contributed by atoms with van der Waals surface area (Å²) in [7, 11) is 0. The third kappa shape index (κ3) is 6.25. The average Bonchev–Trinajstić information content (AvgIpc) is 2.73. The van der Waals surface area contributed by atoms with Crippen molar-refractivity contribution in [1.82, 2.24) is 16.2 Å². The maximum atomic E-state index is 13.3. The number of carbonyl (C=O) groups is 2. The van der Waals surface area contributed by atoms with Gasteiger partial charge in [-0.3, -0.25) is 20.4 Å². The van der Waals surface area contributed by atoms with Crippen molar-refractivity contribution in [1.29, 1.82) is 0 Å². The van der Waals surface area contributed by atoms with Crippen molar-refractivity contribution in [2.45, 2.75) is 26.8 Å². The van der Waals surface area contributed by atoms with Crippen LogP contribution in [0.3, 0.4) is 0 Å². The molecule has 2 aromatic carbocycles. The normalized spacial score (nSPS) is 11.6. The monoisotopic (exact) mass is 404 g/mol. The van der Waals surface area contributed by atoms with Gasteiger partial charge in [0, 0.05) is 30.4 Å². The molecule has 0 aliphatic carbocycles. The standard InChI is InChI=1S/C21H26F2N4O2/c1-4-27(5-2)17-9-6-15(7-10-17)21(29)26-25-20(28)13-24-14(3)16-8-11-18(22)19(23)12-16/h6-12,14,24H,4-5,13H2,1-3H3,(H,25,28)(H,26,29)/t14-/m1/s1. The summed E-state index contributed by atoms with van der Waals surface area (Å²) in [6.07, 6.45) is 0. The van der Waals surface area contributed by atoms with Crippen molar-refractivity contribution >= 4 is 17.5 Å². The van der Waals surface area contributed by atoms with Gasteiger partial charge in [0.1, 0.15) is 0 Å². The number of amides is 2. The molecule has 0 saturated carbocycles. The molecule has 2 aromatic rings. The minimum atomic E-state index is -0.945. The lowest BCUT2D eigenvalue weighted by molar-refractivity contribution is -0.121. The lowest BCUT2D eigenvalue weighted by Crippen LogP contribution is -2.45. The maximum Gasteiger partial charge on any atom is 0.269 e. The van der Waals surface area contributed by atoms with E-state index in [0.29, 0.717) is 11.1 Å². The molecular weight excluding hydrogens is 378 g/mol. The molecule has 0 heterocycles. The number of anilines is 1. The van der Waals surface area contributed by atoms with Crippen LogP contribution in [0.5, 0.6) is 0 Å². The summed E-state index contributed by atoms with van der Waals surface area (Å²) in [4.78, 5) is 26.2. The summed E-state index contributed by atoms with van der Waals surface area (Å²) in [6.45, 7) is 7.46. The molecule has 8 heteroatoms. The van der Waals surface area contributed by atoms with Crippen molar-refractivity contribution < 1.29 is 18.4 Å². The topological polar surface area (TPSA) is 73.5 Å². The van der Waals surface area contributed by atoms with Crippen molar-refractivity contribution in [3.63, 3.8) is 0 Å². The van der Waals surface area contributed by atoms with Gasteiger partial charge in [0.05, 0.1) is 6.54 Å². The van der Waals surface area contributed by atoms with Gasteiger partial charge >= 0.3 is 0 Å². The van der Waals surface area contributed by atoms with E-state index in [9.17, 15) is 18.4 Å². The number of hydrogen-bond acceptors (Lipinski definition) is 4. The van der Waals surface area contributed by atoms with Crippen molar-refractivity contribution in [3.8, 4) is 0 Å². The second-order valence-corrected chi connectivity index (χ2v) is 6.50. The van der Waals surface area contributed by atoms with Gasteiger partial charge in [0.2, 0.25) is 0 Å². The molecule has 0 aromatic heterocycles. The molecule has 2 amide bonds. The number of hydrazine groups is 1. The number of carbonyl (C=O) groups excluding carboxylic acids is 2. The van der Waals surface area contributed by atoms with E-state index >= 15 is 0 Å². The summed E-state index contributed by atoms with van der Waals surface area (Å²) in [6, 6.07) is 10.3. The van der Waals surface area contributed by atoms with Crippen LogP contribution in [0.1, 0.15) is 42.7 Å². The van der Waals surface area contributed by atoms with E-state index in [-0.39, 0.29) is 12.6 Å². The Kier molecular flexibility index (Phi) is 8.09. The number of rotatable bonds is 8. The molecule has 0 radical (unpaired) electrons. The number of nitrogens with one attached hydrogen (secondary N) is 3. The highest BCUT2D eigenvalue weighted by Gasteiger charge is 2.12. The van der Waals surface area contributed by atoms with E-state index < -0.39 is 23.4 Å². The first-order valence-electron chi connectivity index (χ1n) is 9.48. The highest BCUT2D eigenvalue weighted by Crippen LogP contribution is 2.16. The molecule has 0 fully saturated rings. The Balaban J connectivity index is 1.80. The van der Waals surface area contributed by atoms with Crippen LogP contribution in [0.2, 0.25) is 0 Å². The minimum absolute atomic E-state index is 0.110. The quantitative estimate of drug-likeness (QED) is 0.592. The Morgan fingerprint density at radius 3 is 2.21 bits per heavy atom. The van der Waals surface area contributed by atoms with E-state index in [1.807, 2.05) is 12.1 Å². The highest BCUT2D eigenvalue weighted by atomic mass is 19.2. The third-order valence-electron chi connectivity index (χ3n) is 4.59. The summed E-state index contributed by atoms with van der Waals surface area (Å²) >= 11 is 0. The molecule has 2 rings (SSSR count). The van der Waals surface area contributed by atoms with Crippen LogP contribution in [-0.4, -0.2) is 31.4 Å². The van der Waals surface area contributed by atoms with Crippen LogP contribution in [0.15, 0.2) is 42.5 Å². The Morgan fingerprint density at radius 2 is 1.62 bits per heavy atom. The predicted molar refractivity (Wildman–Crippen MR) is 108 cm³/mol. The third-order valence-corrected chi connectivity index (χ3v) is 4.59. The van der Waals surface area contributed by atoms with E-state index in [2.05, 4.69) is 34.9 Å². The molecule has 0 bridgehead atoms. The first-order valence-corrected chi connectivity index (χ1v) is 9.48. The molecule has 0 spiro atoms. The van der Waals surface area contributed by atoms with Gasteiger partial charge in [-0.25, -0.2) is 8.78 Å². The zero-order valence-electron chi connectivity index (χ0n) is 16.8. The Bertz CT molecular complexity index is 839. The van der Waals surface area contributed by atoms with E-state index in [1.165, 1.54) is 6.07 Å². The smallest absolute Gasteiger partial charge is 0.269 e. The molecule has 1 atom stereocenters. The molecule has 156 valence electrons. The number of nitrogens with zero attached hydrogens (tertiary/aromatic N) is 1. The van der Waals surface area contributed by atoms with Crippen LogP contribution in [0.4, 0.5) is 14.5 Å². The number of hydrogen-bond donors (Lipinski definition) is 3. The van der Waals surface area contributed by atoms with Gasteiger partial charge in [-0.05, 0) is 62.7 Å². The number of benzene rings is 2. The Morgan fingerprint density at radius 1 is 0.966 bits per heavy atom. The molecular formula is C21H26F2N4O2. The fourth-order valence-electron chi connectivity index (χ4n) is 2.80. The predicted octanol–water partition coefficient (Wildman–Crippen LogP) is 2.92. The molecule has 0 aliphatic heterocycles. The van der Waals surface area contributed by atoms with Gasteiger partial charge < -0.3 is 10.2 Å². The molecule has 0 aliphatic rings. The lowest BCUT2D eigenvalue weighted by atomic mass is 10.1. The maximum absolute atomic E-state index is 13.3. The first-order chi connectivity index (χ1) is 13.8. The van der Waals surface area contributed by atoms with Gasteiger partial charge in [-0.1, -0.05) is 6.07 Å².